The Bertz CT molecular complexity index is 5280. The van der Waals surface area contributed by atoms with Crippen LogP contribution in [0, 0.1) is 0 Å². The van der Waals surface area contributed by atoms with Crippen LogP contribution in [0.1, 0.15) is 33.4 Å². The van der Waals surface area contributed by atoms with Crippen LogP contribution in [0.5, 0.6) is 0 Å². The summed E-state index contributed by atoms with van der Waals surface area (Å²) in [5.74, 6) is 0. The Labute approximate surface area is 568 Å². The van der Waals surface area contributed by atoms with Crippen LogP contribution in [-0.4, -0.2) is 11.6 Å². The van der Waals surface area contributed by atoms with E-state index >= 15 is 0 Å². The van der Waals surface area contributed by atoms with Crippen LogP contribution in [0.4, 0.5) is 11.4 Å². The predicted octanol–water partition coefficient (Wildman–Crippen LogP) is 25.4. The average molecular weight is 1240 g/mol. The molecule has 0 spiro atoms. The fourth-order valence-corrected chi connectivity index (χ4v) is 13.7. The van der Waals surface area contributed by atoms with E-state index in [2.05, 4.69) is 411 Å². The molecular formula is C95H68N2. The molecule has 2 nitrogen and oxygen atoms in total. The summed E-state index contributed by atoms with van der Waals surface area (Å²) in [4.78, 5) is 2.31. The molecule has 0 aliphatic carbocycles. The monoisotopic (exact) mass is 1240 g/mol. The second kappa shape index (κ2) is 26.8. The van der Waals surface area contributed by atoms with Gasteiger partial charge in [-0.15, -0.1) is 0 Å². The van der Waals surface area contributed by atoms with Gasteiger partial charge in [0.25, 0.3) is 0 Å². The molecule has 0 aliphatic rings. The van der Waals surface area contributed by atoms with E-state index in [0.29, 0.717) is 0 Å². The third-order valence-corrected chi connectivity index (χ3v) is 18.9. The van der Waals surface area contributed by atoms with Crippen molar-refractivity contribution in [3.63, 3.8) is 0 Å². The van der Waals surface area contributed by atoms with E-state index in [1.165, 1.54) is 60.9 Å². The zero-order chi connectivity index (χ0) is 64.9. The van der Waals surface area contributed by atoms with Crippen LogP contribution in [0.2, 0.25) is 0 Å². The Hall–Kier alpha value is -12.6. The van der Waals surface area contributed by atoms with Crippen LogP contribution in [0.15, 0.2) is 382 Å². The fourth-order valence-electron chi connectivity index (χ4n) is 13.7. The summed E-state index contributed by atoms with van der Waals surface area (Å²) in [5.41, 5.74) is 31.4. The van der Waals surface area contributed by atoms with Gasteiger partial charge < -0.3 is 9.47 Å². The van der Waals surface area contributed by atoms with Gasteiger partial charge in [-0.2, -0.15) is 0 Å². The van der Waals surface area contributed by atoms with Crippen LogP contribution >= 0.6 is 0 Å². The SMILES string of the molecule is CN(c1ccccc1)c1cc(-c2ccc(-c3ccc4c5ccc(C=C(c6ccc(-c7ccccc7)cc6)c6ccc(-c7ccccc7)cc6)cc5n(-c5ccccc5)c4c3)cc2)ccc1-c1ccc(C=C(c2ccc(-c3ccccc3)cc2)c2ccc(-c3ccccc3)cc2)cc1. The van der Waals surface area contributed by atoms with E-state index in [0.717, 1.165) is 100 Å². The molecular weight excluding hydrogens is 1170 g/mol. The lowest BCUT2D eigenvalue weighted by molar-refractivity contribution is 1.18. The Morgan fingerprint density at radius 3 is 0.979 bits per heavy atom. The van der Waals surface area contributed by atoms with Crippen LogP contribution in [0.3, 0.4) is 0 Å². The Kier molecular flexibility index (Phi) is 16.4. The van der Waals surface area contributed by atoms with Gasteiger partial charge in [-0.1, -0.05) is 340 Å². The molecule has 0 N–H and O–H groups in total. The van der Waals surface area contributed by atoms with Gasteiger partial charge in [-0.05, 0) is 171 Å². The van der Waals surface area contributed by atoms with Crippen molar-refractivity contribution in [3.05, 3.63) is 416 Å². The summed E-state index contributed by atoms with van der Waals surface area (Å²) in [7, 11) is 2.17. The van der Waals surface area contributed by atoms with Gasteiger partial charge in [0.15, 0.2) is 0 Å². The zero-order valence-electron chi connectivity index (χ0n) is 53.9. The summed E-state index contributed by atoms with van der Waals surface area (Å²) in [6, 6.07) is 139. The first-order valence-corrected chi connectivity index (χ1v) is 33.3. The Morgan fingerprint density at radius 2 is 0.546 bits per heavy atom. The van der Waals surface area contributed by atoms with Gasteiger partial charge in [-0.3, -0.25) is 0 Å². The highest BCUT2D eigenvalue weighted by Gasteiger charge is 2.18. The second-order valence-corrected chi connectivity index (χ2v) is 24.9. The molecule has 0 radical (unpaired) electrons. The van der Waals surface area contributed by atoms with E-state index < -0.39 is 0 Å². The number of hydrogen-bond acceptors (Lipinski definition) is 1. The average Bonchev–Trinajstić information content (AvgIpc) is 1.62. The van der Waals surface area contributed by atoms with Crippen LogP contribution in [0.25, 0.3) is 129 Å². The topological polar surface area (TPSA) is 8.17 Å². The molecule has 0 bridgehead atoms. The molecule has 0 saturated heterocycles. The van der Waals surface area contributed by atoms with Gasteiger partial charge >= 0.3 is 0 Å². The molecule has 15 aromatic carbocycles. The van der Waals surface area contributed by atoms with Crippen molar-refractivity contribution < 1.29 is 0 Å². The standard InChI is InChI=1S/C95H68N2/c1-96(86-28-16-6-17-29-86)93-65-84(57-60-88(93)79-35-32-67(33-36-79)62-91(80-49-41-73(42-50-80)69-20-8-2-9-21-69)81-51-43-74(44-52-81)70-22-10-3-11-23-70)77-37-39-78(40-38-77)85-58-61-90-89-59-34-68(64-94(89)97(95(90)66-85)87-30-18-7-19-31-87)63-92(82-53-45-75(46-54-82)71-24-12-4-13-25-71)83-55-47-76(48-56-83)72-26-14-5-15-27-72/h2-66H,1H3. The molecule has 458 valence electrons. The predicted molar refractivity (Wildman–Crippen MR) is 413 cm³/mol. The Balaban J connectivity index is 0.723. The number of fused-ring (bicyclic) bond motifs is 3. The first-order valence-electron chi connectivity index (χ1n) is 33.3. The van der Waals surface area contributed by atoms with Gasteiger partial charge in [0, 0.05) is 40.4 Å². The smallest absolute Gasteiger partial charge is 0.0547 e. The third kappa shape index (κ3) is 12.5. The lowest BCUT2D eigenvalue weighted by atomic mass is 9.92. The van der Waals surface area contributed by atoms with Crippen molar-refractivity contribution in [2.45, 2.75) is 0 Å². The summed E-state index contributed by atoms with van der Waals surface area (Å²) >= 11 is 0. The normalized spacial score (nSPS) is 11.1. The first-order chi connectivity index (χ1) is 48.0. The number of nitrogens with zero attached hydrogens (tertiary/aromatic N) is 2. The van der Waals surface area contributed by atoms with Crippen LogP contribution < -0.4 is 4.90 Å². The second-order valence-electron chi connectivity index (χ2n) is 24.9. The minimum atomic E-state index is 1.12. The minimum Gasteiger partial charge on any atom is -0.344 e. The molecule has 0 fully saturated rings. The lowest BCUT2D eigenvalue weighted by Gasteiger charge is -2.24. The molecule has 2 heteroatoms. The highest BCUT2D eigenvalue weighted by molar-refractivity contribution is 6.11. The van der Waals surface area contributed by atoms with Gasteiger partial charge in [-0.25, -0.2) is 0 Å². The van der Waals surface area contributed by atoms with E-state index in [9.17, 15) is 0 Å². The van der Waals surface area contributed by atoms with Crippen molar-refractivity contribution in [2.75, 3.05) is 11.9 Å². The highest BCUT2D eigenvalue weighted by Crippen LogP contribution is 2.42. The number of anilines is 2. The van der Waals surface area contributed by atoms with E-state index in [1.54, 1.807) is 0 Å². The van der Waals surface area contributed by atoms with Gasteiger partial charge in [0.1, 0.15) is 0 Å². The van der Waals surface area contributed by atoms with Gasteiger partial charge in [0.05, 0.1) is 11.0 Å². The van der Waals surface area contributed by atoms with Crippen molar-refractivity contribution >= 4 is 56.5 Å². The lowest BCUT2D eigenvalue weighted by Crippen LogP contribution is -2.10. The molecule has 1 heterocycles. The minimum absolute atomic E-state index is 1.12. The Morgan fingerprint density at radius 1 is 0.247 bits per heavy atom. The third-order valence-electron chi connectivity index (χ3n) is 18.9. The summed E-state index contributed by atoms with van der Waals surface area (Å²) in [5, 5.41) is 2.42. The number of hydrogen-bond donors (Lipinski definition) is 0. The summed E-state index contributed by atoms with van der Waals surface area (Å²) < 4.78 is 2.44. The van der Waals surface area contributed by atoms with E-state index in [4.69, 9.17) is 0 Å². The van der Waals surface area contributed by atoms with Crippen molar-refractivity contribution in [1.29, 1.82) is 0 Å². The number of para-hydroxylation sites is 2. The molecule has 16 aromatic rings. The highest BCUT2D eigenvalue weighted by atomic mass is 15.1. The number of rotatable bonds is 16. The molecule has 0 saturated carbocycles. The van der Waals surface area contributed by atoms with Crippen molar-refractivity contribution in [2.24, 2.45) is 0 Å². The van der Waals surface area contributed by atoms with Crippen molar-refractivity contribution in [1.82, 2.24) is 4.57 Å². The summed E-state index contributed by atoms with van der Waals surface area (Å²) in [6.45, 7) is 0. The first kappa shape index (κ1) is 59.4. The van der Waals surface area contributed by atoms with Crippen molar-refractivity contribution in [3.8, 4) is 83.6 Å². The quantitative estimate of drug-likeness (QED) is 0.0876. The molecule has 0 atom stereocenters. The number of aromatic nitrogens is 1. The molecule has 0 amide bonds. The molecule has 0 aliphatic heterocycles. The molecule has 16 rings (SSSR count). The maximum atomic E-state index is 2.44. The molecule has 97 heavy (non-hydrogen) atoms. The summed E-state index contributed by atoms with van der Waals surface area (Å²) in [6.07, 6.45) is 4.69. The van der Waals surface area contributed by atoms with E-state index in [1.807, 2.05) is 0 Å². The number of benzene rings is 15. The van der Waals surface area contributed by atoms with Gasteiger partial charge in [0.2, 0.25) is 0 Å². The molecule has 0 unspecified atom stereocenters. The fraction of sp³-hybridized carbons (Fsp3) is 0.0105. The van der Waals surface area contributed by atoms with Crippen LogP contribution in [-0.2, 0) is 0 Å². The maximum absolute atomic E-state index is 2.44. The zero-order valence-corrected chi connectivity index (χ0v) is 53.9. The van der Waals surface area contributed by atoms with E-state index in [-0.39, 0.29) is 0 Å². The maximum Gasteiger partial charge on any atom is 0.0547 e. The molecule has 1 aromatic heterocycles. The largest absolute Gasteiger partial charge is 0.344 e.